The van der Waals surface area contributed by atoms with Crippen LogP contribution in [0.3, 0.4) is 0 Å². The van der Waals surface area contributed by atoms with Crippen LogP contribution in [0.1, 0.15) is 6.92 Å². The van der Waals surface area contributed by atoms with Crippen LogP contribution in [0.15, 0.2) is 34.9 Å². The van der Waals surface area contributed by atoms with Crippen LogP contribution < -0.4 is 0 Å². The predicted molar refractivity (Wildman–Crippen MR) is 66.0 cm³/mol. The van der Waals surface area contributed by atoms with Crippen molar-refractivity contribution in [3.8, 4) is 11.3 Å². The molecule has 1 heterocycles. The highest BCUT2D eigenvalue weighted by molar-refractivity contribution is 9.10. The maximum atomic E-state index is 5.85. The Hall–Kier alpha value is -0.800. The monoisotopic (exact) mass is 284 g/mol. The second kappa shape index (κ2) is 4.37. The standard InChI is InChI=1S/C11H10BrClN2/c1-2-15-10(7-11(12)14-15)8-3-5-9(13)6-4-8/h3-7H,2H2,1H3. The fourth-order valence-corrected chi connectivity index (χ4v) is 2.01. The minimum Gasteiger partial charge on any atom is -0.264 e. The van der Waals surface area contributed by atoms with Crippen molar-refractivity contribution in [2.45, 2.75) is 13.5 Å². The van der Waals surface area contributed by atoms with E-state index in [9.17, 15) is 0 Å². The van der Waals surface area contributed by atoms with Crippen LogP contribution in [-0.2, 0) is 6.54 Å². The zero-order valence-electron chi connectivity index (χ0n) is 8.24. The lowest BCUT2D eigenvalue weighted by atomic mass is 10.1. The van der Waals surface area contributed by atoms with E-state index in [2.05, 4.69) is 28.0 Å². The molecule has 0 radical (unpaired) electrons. The third kappa shape index (κ3) is 2.24. The summed E-state index contributed by atoms with van der Waals surface area (Å²) in [5.41, 5.74) is 2.22. The first-order valence-corrected chi connectivity index (χ1v) is 5.87. The van der Waals surface area contributed by atoms with Crippen molar-refractivity contribution in [3.63, 3.8) is 0 Å². The molecule has 2 aromatic rings. The summed E-state index contributed by atoms with van der Waals surface area (Å²) < 4.78 is 2.81. The molecular formula is C11H10BrClN2. The van der Waals surface area contributed by atoms with Crippen LogP contribution in [0.4, 0.5) is 0 Å². The quantitative estimate of drug-likeness (QED) is 0.816. The normalized spacial score (nSPS) is 10.6. The van der Waals surface area contributed by atoms with Gasteiger partial charge in [0.05, 0.1) is 5.69 Å². The number of halogens is 2. The van der Waals surface area contributed by atoms with E-state index in [4.69, 9.17) is 11.6 Å². The number of aromatic nitrogens is 2. The zero-order chi connectivity index (χ0) is 10.8. The Balaban J connectivity index is 2.48. The molecule has 2 nitrogen and oxygen atoms in total. The molecule has 0 atom stereocenters. The van der Waals surface area contributed by atoms with Gasteiger partial charge in [-0.05, 0) is 46.6 Å². The van der Waals surface area contributed by atoms with Crippen molar-refractivity contribution >= 4 is 27.5 Å². The van der Waals surface area contributed by atoms with Gasteiger partial charge in [0.15, 0.2) is 0 Å². The smallest absolute Gasteiger partial charge is 0.128 e. The van der Waals surface area contributed by atoms with E-state index in [0.29, 0.717) is 0 Å². The van der Waals surface area contributed by atoms with Crippen LogP contribution in [0.25, 0.3) is 11.3 Å². The van der Waals surface area contributed by atoms with Crippen molar-refractivity contribution < 1.29 is 0 Å². The molecule has 0 saturated heterocycles. The molecule has 78 valence electrons. The fraction of sp³-hybridized carbons (Fsp3) is 0.182. The molecule has 15 heavy (non-hydrogen) atoms. The summed E-state index contributed by atoms with van der Waals surface area (Å²) in [4.78, 5) is 0. The molecule has 0 bridgehead atoms. The molecular weight excluding hydrogens is 275 g/mol. The van der Waals surface area contributed by atoms with E-state index in [-0.39, 0.29) is 0 Å². The predicted octanol–water partition coefficient (Wildman–Crippen LogP) is 3.99. The van der Waals surface area contributed by atoms with Gasteiger partial charge in [-0.2, -0.15) is 5.10 Å². The molecule has 1 aromatic carbocycles. The van der Waals surface area contributed by atoms with Gasteiger partial charge in [-0.25, -0.2) is 0 Å². The molecule has 0 unspecified atom stereocenters. The van der Waals surface area contributed by atoms with Crippen molar-refractivity contribution in [1.29, 1.82) is 0 Å². The SMILES string of the molecule is CCn1nc(Br)cc1-c1ccc(Cl)cc1. The first kappa shape index (κ1) is 10.7. The van der Waals surface area contributed by atoms with E-state index >= 15 is 0 Å². The maximum Gasteiger partial charge on any atom is 0.128 e. The van der Waals surface area contributed by atoms with Gasteiger partial charge in [0.2, 0.25) is 0 Å². The molecule has 1 aromatic heterocycles. The average Bonchev–Trinajstić information content (AvgIpc) is 2.61. The van der Waals surface area contributed by atoms with E-state index < -0.39 is 0 Å². The topological polar surface area (TPSA) is 17.8 Å². The molecule has 4 heteroatoms. The largest absolute Gasteiger partial charge is 0.264 e. The van der Waals surface area contributed by atoms with Gasteiger partial charge in [-0.3, -0.25) is 4.68 Å². The molecule has 0 aliphatic rings. The van der Waals surface area contributed by atoms with E-state index in [0.717, 1.165) is 27.4 Å². The second-order valence-electron chi connectivity index (χ2n) is 3.17. The Kier molecular flexibility index (Phi) is 3.12. The van der Waals surface area contributed by atoms with Crippen molar-refractivity contribution in [1.82, 2.24) is 9.78 Å². The highest BCUT2D eigenvalue weighted by Gasteiger charge is 2.06. The summed E-state index contributed by atoms with van der Waals surface area (Å²) in [6, 6.07) is 9.78. The molecule has 0 fully saturated rings. The van der Waals surface area contributed by atoms with Gasteiger partial charge < -0.3 is 0 Å². The summed E-state index contributed by atoms with van der Waals surface area (Å²) in [6.07, 6.45) is 0. The summed E-state index contributed by atoms with van der Waals surface area (Å²) in [6.45, 7) is 2.92. The van der Waals surface area contributed by atoms with Gasteiger partial charge >= 0.3 is 0 Å². The lowest BCUT2D eigenvalue weighted by molar-refractivity contribution is 0.662. The first-order valence-electron chi connectivity index (χ1n) is 4.70. The van der Waals surface area contributed by atoms with Crippen molar-refractivity contribution in [2.75, 3.05) is 0 Å². The Labute approximate surface area is 102 Å². The van der Waals surface area contributed by atoms with Crippen LogP contribution in [-0.4, -0.2) is 9.78 Å². The molecule has 0 aliphatic carbocycles. The number of aryl methyl sites for hydroxylation is 1. The average molecular weight is 286 g/mol. The minimum absolute atomic E-state index is 0.750. The van der Waals surface area contributed by atoms with Crippen LogP contribution in [0.2, 0.25) is 5.02 Å². The number of nitrogens with zero attached hydrogens (tertiary/aromatic N) is 2. The highest BCUT2D eigenvalue weighted by Crippen LogP contribution is 2.24. The van der Waals surface area contributed by atoms with Crippen LogP contribution in [0, 0.1) is 0 Å². The van der Waals surface area contributed by atoms with E-state index in [1.807, 2.05) is 35.0 Å². The summed E-state index contributed by atoms with van der Waals surface area (Å²) in [5, 5.41) is 5.08. The number of rotatable bonds is 2. The van der Waals surface area contributed by atoms with Gasteiger partial charge in [0.25, 0.3) is 0 Å². The third-order valence-corrected chi connectivity index (χ3v) is 2.83. The highest BCUT2D eigenvalue weighted by atomic mass is 79.9. The van der Waals surface area contributed by atoms with Crippen molar-refractivity contribution in [2.24, 2.45) is 0 Å². The zero-order valence-corrected chi connectivity index (χ0v) is 10.6. The number of hydrogen-bond donors (Lipinski definition) is 0. The Morgan fingerprint density at radius 1 is 1.33 bits per heavy atom. The van der Waals surface area contributed by atoms with Gasteiger partial charge in [0.1, 0.15) is 4.60 Å². The van der Waals surface area contributed by atoms with E-state index in [1.54, 1.807) is 0 Å². The minimum atomic E-state index is 0.750. The van der Waals surface area contributed by atoms with Gasteiger partial charge in [-0.1, -0.05) is 23.7 Å². The Bertz CT molecular complexity index is 462. The second-order valence-corrected chi connectivity index (χ2v) is 4.42. The lowest BCUT2D eigenvalue weighted by Crippen LogP contribution is -1.98. The molecule has 0 aliphatic heterocycles. The molecule has 2 rings (SSSR count). The summed E-state index contributed by atoms with van der Waals surface area (Å²) >= 11 is 9.22. The molecule has 0 spiro atoms. The van der Waals surface area contributed by atoms with Crippen LogP contribution in [0.5, 0.6) is 0 Å². The molecule has 0 saturated carbocycles. The maximum absolute atomic E-state index is 5.85. The first-order chi connectivity index (χ1) is 7.20. The Morgan fingerprint density at radius 3 is 2.60 bits per heavy atom. The van der Waals surface area contributed by atoms with Gasteiger partial charge in [-0.15, -0.1) is 0 Å². The summed E-state index contributed by atoms with van der Waals surface area (Å²) in [5.74, 6) is 0. The van der Waals surface area contributed by atoms with Gasteiger partial charge in [0, 0.05) is 11.6 Å². The van der Waals surface area contributed by atoms with E-state index in [1.165, 1.54) is 0 Å². The number of benzene rings is 1. The fourth-order valence-electron chi connectivity index (χ4n) is 1.48. The van der Waals surface area contributed by atoms with Crippen molar-refractivity contribution in [3.05, 3.63) is 40.0 Å². The molecule has 0 N–H and O–H groups in total. The summed E-state index contributed by atoms with van der Waals surface area (Å²) in [7, 11) is 0. The van der Waals surface area contributed by atoms with Crippen LogP contribution >= 0.6 is 27.5 Å². The lowest BCUT2D eigenvalue weighted by Gasteiger charge is -2.04. The molecule has 0 amide bonds. The Morgan fingerprint density at radius 2 is 2.00 bits per heavy atom. The number of hydrogen-bond acceptors (Lipinski definition) is 1. The third-order valence-electron chi connectivity index (χ3n) is 2.19.